The van der Waals surface area contributed by atoms with Gasteiger partial charge in [0, 0.05) is 6.42 Å². The second-order valence-corrected chi connectivity index (χ2v) is 7.07. The molecule has 0 radical (unpaired) electrons. The van der Waals surface area contributed by atoms with Crippen molar-refractivity contribution >= 4 is 15.8 Å². The van der Waals surface area contributed by atoms with Gasteiger partial charge in [0.05, 0.1) is 15.8 Å². The van der Waals surface area contributed by atoms with Crippen LogP contribution in [0.25, 0.3) is 0 Å². The Hall–Kier alpha value is -0.780. The molecule has 6 heteroatoms. The monoisotopic (exact) mass is 245 g/mol. The van der Waals surface area contributed by atoms with Crippen molar-refractivity contribution in [2.75, 3.05) is 5.75 Å². The molecular formula is C10H15NO4S. The predicted octanol–water partition coefficient (Wildman–Crippen LogP) is 1.48. The van der Waals surface area contributed by atoms with E-state index in [-0.39, 0.29) is 17.1 Å². The smallest absolute Gasteiger partial charge is 0.289 e. The molecule has 0 N–H and O–H groups in total. The molecule has 0 spiro atoms. The second-order valence-electron chi connectivity index (χ2n) is 5.47. The molecule has 2 aliphatic rings. The first-order valence-electron chi connectivity index (χ1n) is 5.36. The Morgan fingerprint density at radius 2 is 2.06 bits per heavy atom. The van der Waals surface area contributed by atoms with Gasteiger partial charge in [-0.15, -0.1) is 4.91 Å². The maximum atomic E-state index is 12.0. The van der Waals surface area contributed by atoms with E-state index in [0.717, 1.165) is 6.42 Å². The van der Waals surface area contributed by atoms with E-state index in [0.29, 0.717) is 12.8 Å². The van der Waals surface area contributed by atoms with Crippen LogP contribution in [0.2, 0.25) is 0 Å². The number of fused-ring (bicyclic) bond motifs is 2. The third kappa shape index (κ3) is 1.28. The summed E-state index contributed by atoms with van der Waals surface area (Å²) in [4.78, 5) is 22.2. The number of carbonyl (C=O) groups excluding carboxylic acids is 1. The minimum absolute atomic E-state index is 0.0130. The molecule has 16 heavy (non-hydrogen) atoms. The third-order valence-corrected chi connectivity index (χ3v) is 5.77. The summed E-state index contributed by atoms with van der Waals surface area (Å²) in [6.07, 6.45) is 1.88. The first-order chi connectivity index (χ1) is 7.25. The Kier molecular flexibility index (Phi) is 2.28. The van der Waals surface area contributed by atoms with Gasteiger partial charge < -0.3 is 0 Å². The highest BCUT2D eigenvalue weighted by atomic mass is 32.2. The quantitative estimate of drug-likeness (QED) is 0.705. The van der Waals surface area contributed by atoms with Crippen molar-refractivity contribution in [3.8, 4) is 0 Å². The van der Waals surface area contributed by atoms with Crippen molar-refractivity contribution in [2.24, 2.45) is 21.3 Å². The van der Waals surface area contributed by atoms with E-state index in [9.17, 15) is 18.1 Å². The lowest BCUT2D eigenvalue weighted by Crippen LogP contribution is -2.41. The van der Waals surface area contributed by atoms with E-state index < -0.39 is 21.2 Å². The van der Waals surface area contributed by atoms with Crippen molar-refractivity contribution in [2.45, 2.75) is 33.1 Å². The van der Waals surface area contributed by atoms with E-state index >= 15 is 0 Å². The third-order valence-electron chi connectivity index (χ3n) is 4.68. The number of ketones is 1. The van der Waals surface area contributed by atoms with E-state index in [2.05, 4.69) is 4.58 Å². The fraction of sp³-hybridized carbons (Fsp3) is 0.900. The number of nitrogens with zero attached hydrogens (tertiary/aromatic N) is 1. The van der Waals surface area contributed by atoms with Gasteiger partial charge in [0.1, 0.15) is 5.78 Å². The fourth-order valence-electron chi connectivity index (χ4n) is 3.45. The minimum atomic E-state index is -4.00. The number of nitroso groups, excluding NO2 is 1. The SMILES string of the molecule is CC1(C)C2CC[C@@]1(CS(=O)(=O)N=O)C(=O)C2. The number of hydrogen-bond acceptors (Lipinski definition) is 4. The standard InChI is InChI=1S/C10H15NO4S/c1-9(2)7-3-4-10(9,8(12)5-7)6-16(14,15)11-13/h7H,3-6H2,1-2H3/t7?,10-/m1/s1. The summed E-state index contributed by atoms with van der Waals surface area (Å²) in [7, 11) is -4.00. The number of Topliss-reactive ketones (excluding diaryl/α,β-unsaturated/α-hetero) is 1. The highest BCUT2D eigenvalue weighted by molar-refractivity contribution is 7.90. The Labute approximate surface area is 94.6 Å². The van der Waals surface area contributed by atoms with Crippen molar-refractivity contribution in [1.82, 2.24) is 0 Å². The number of hydrogen-bond donors (Lipinski definition) is 0. The van der Waals surface area contributed by atoms with Gasteiger partial charge in [0.25, 0.3) is 10.0 Å². The molecule has 2 aliphatic carbocycles. The fourth-order valence-corrected chi connectivity index (χ4v) is 4.80. The van der Waals surface area contributed by atoms with Gasteiger partial charge >= 0.3 is 0 Å². The lowest BCUT2D eigenvalue weighted by atomic mass is 9.70. The van der Waals surface area contributed by atoms with Crippen LogP contribution in [-0.4, -0.2) is 20.0 Å². The molecule has 2 atom stereocenters. The van der Waals surface area contributed by atoms with Crippen LogP contribution in [0.4, 0.5) is 0 Å². The second kappa shape index (κ2) is 3.12. The first kappa shape index (κ1) is 11.7. The summed E-state index contributed by atoms with van der Waals surface area (Å²) in [5.74, 6) is -0.172. The summed E-state index contributed by atoms with van der Waals surface area (Å²) >= 11 is 0. The van der Waals surface area contributed by atoms with Crippen molar-refractivity contribution in [3.63, 3.8) is 0 Å². The molecule has 0 aromatic carbocycles. The number of carbonyl (C=O) groups is 1. The summed E-state index contributed by atoms with van der Waals surface area (Å²) in [6, 6.07) is 0. The number of rotatable bonds is 3. The lowest BCUT2D eigenvalue weighted by molar-refractivity contribution is -0.128. The van der Waals surface area contributed by atoms with Gasteiger partial charge in [-0.3, -0.25) is 4.79 Å². The summed E-state index contributed by atoms with van der Waals surface area (Å²) < 4.78 is 24.8. The zero-order chi connectivity index (χ0) is 12.2. The van der Waals surface area contributed by atoms with E-state index in [1.807, 2.05) is 13.8 Å². The molecule has 0 saturated heterocycles. The molecule has 2 fully saturated rings. The summed E-state index contributed by atoms with van der Waals surface area (Å²) in [5, 5.41) is 0. The summed E-state index contributed by atoms with van der Waals surface area (Å²) in [6.45, 7) is 3.85. The topological polar surface area (TPSA) is 80.6 Å². The summed E-state index contributed by atoms with van der Waals surface area (Å²) in [5.41, 5.74) is -1.20. The Bertz CT molecular complexity index is 453. The molecule has 90 valence electrons. The van der Waals surface area contributed by atoms with Crippen LogP contribution in [0.1, 0.15) is 33.1 Å². The minimum Gasteiger partial charge on any atom is -0.299 e. The van der Waals surface area contributed by atoms with Crippen molar-refractivity contribution < 1.29 is 13.2 Å². The molecule has 2 saturated carbocycles. The van der Waals surface area contributed by atoms with Crippen molar-refractivity contribution in [3.05, 3.63) is 4.91 Å². The van der Waals surface area contributed by atoms with Gasteiger partial charge in [-0.1, -0.05) is 13.8 Å². The van der Waals surface area contributed by atoms with Gasteiger partial charge in [0.15, 0.2) is 0 Å². The normalized spacial score (nSPS) is 36.6. The van der Waals surface area contributed by atoms with Gasteiger partial charge in [0.2, 0.25) is 0 Å². The molecule has 5 nitrogen and oxygen atoms in total. The Morgan fingerprint density at radius 3 is 2.44 bits per heavy atom. The average molecular weight is 245 g/mol. The molecule has 0 aromatic heterocycles. The van der Waals surface area contributed by atoms with Crippen LogP contribution in [0.15, 0.2) is 4.58 Å². The van der Waals surface area contributed by atoms with Crippen LogP contribution >= 0.6 is 0 Å². The highest BCUT2D eigenvalue weighted by Crippen LogP contribution is 2.64. The zero-order valence-corrected chi connectivity index (χ0v) is 10.2. The van der Waals surface area contributed by atoms with E-state index in [4.69, 9.17) is 0 Å². The highest BCUT2D eigenvalue weighted by Gasteiger charge is 2.65. The van der Waals surface area contributed by atoms with Crippen LogP contribution in [0, 0.1) is 21.7 Å². The molecular weight excluding hydrogens is 230 g/mol. The van der Waals surface area contributed by atoms with Gasteiger partial charge in [-0.05, 0) is 24.2 Å². The van der Waals surface area contributed by atoms with Crippen molar-refractivity contribution in [1.29, 1.82) is 0 Å². The molecule has 0 heterocycles. The molecule has 2 bridgehead atoms. The maximum absolute atomic E-state index is 12.0. The van der Waals surface area contributed by atoms with Crippen LogP contribution in [0.3, 0.4) is 0 Å². The largest absolute Gasteiger partial charge is 0.299 e. The van der Waals surface area contributed by atoms with Gasteiger partial charge in [-0.2, -0.15) is 0 Å². The van der Waals surface area contributed by atoms with Crippen LogP contribution in [-0.2, 0) is 14.8 Å². The molecule has 0 amide bonds. The average Bonchev–Trinajstić information content (AvgIpc) is 2.51. The van der Waals surface area contributed by atoms with Crippen LogP contribution in [0.5, 0.6) is 0 Å². The Morgan fingerprint density at radius 1 is 1.44 bits per heavy atom. The molecule has 1 unspecified atom stereocenters. The van der Waals surface area contributed by atoms with Gasteiger partial charge in [-0.25, -0.2) is 8.42 Å². The zero-order valence-electron chi connectivity index (χ0n) is 9.39. The first-order valence-corrected chi connectivity index (χ1v) is 6.97. The van der Waals surface area contributed by atoms with E-state index in [1.54, 1.807) is 0 Å². The van der Waals surface area contributed by atoms with Crippen LogP contribution < -0.4 is 0 Å². The molecule has 0 aromatic rings. The number of sulfonamides is 1. The molecule has 2 rings (SSSR count). The predicted molar refractivity (Wildman–Crippen MR) is 58.1 cm³/mol. The molecule has 0 aliphatic heterocycles. The lowest BCUT2D eigenvalue weighted by Gasteiger charge is -2.35. The van der Waals surface area contributed by atoms with E-state index in [1.165, 1.54) is 0 Å². The Balaban J connectivity index is 2.44. The maximum Gasteiger partial charge on any atom is 0.289 e.